The Morgan fingerprint density at radius 2 is 2.10 bits per heavy atom. The summed E-state index contributed by atoms with van der Waals surface area (Å²) < 4.78 is 7.00. The van der Waals surface area contributed by atoms with Crippen molar-refractivity contribution in [2.24, 2.45) is 0 Å². The number of halogens is 1. The van der Waals surface area contributed by atoms with E-state index in [0.717, 1.165) is 18.4 Å². The predicted molar refractivity (Wildman–Crippen MR) is 116 cm³/mol. The van der Waals surface area contributed by atoms with E-state index in [4.69, 9.17) is 16.3 Å². The second-order valence-corrected chi connectivity index (χ2v) is 8.38. The number of hydrogen-bond donors (Lipinski definition) is 1. The lowest BCUT2D eigenvalue weighted by Gasteiger charge is -2.16. The fourth-order valence-corrected chi connectivity index (χ4v) is 4.03. The third-order valence-electron chi connectivity index (χ3n) is 4.65. The Morgan fingerprint density at radius 3 is 2.83 bits per heavy atom. The van der Waals surface area contributed by atoms with Crippen LogP contribution >= 0.6 is 23.4 Å². The molecular weight excluding hydrogens is 410 g/mol. The molecule has 1 aliphatic rings. The molecule has 0 bridgehead atoms. The van der Waals surface area contributed by atoms with Crippen LogP contribution in [0.15, 0.2) is 46.3 Å². The number of thioether (sulfide) groups is 1. The number of fused-ring (bicyclic) bond motifs is 1. The zero-order valence-electron chi connectivity index (χ0n) is 16.1. The SMILES string of the molecule is COc1ccc(C)cc1-n1c(SCC(=O)NC2CC2)nc2cc(Cl)ccc2c1=O. The molecule has 2 aromatic carbocycles. The Labute approximate surface area is 177 Å². The van der Waals surface area contributed by atoms with Gasteiger partial charge in [-0.2, -0.15) is 0 Å². The molecule has 0 radical (unpaired) electrons. The summed E-state index contributed by atoms with van der Waals surface area (Å²) in [6.07, 6.45) is 2.04. The maximum Gasteiger partial charge on any atom is 0.266 e. The maximum absolute atomic E-state index is 13.4. The summed E-state index contributed by atoms with van der Waals surface area (Å²) in [6.45, 7) is 1.94. The van der Waals surface area contributed by atoms with Gasteiger partial charge in [0.2, 0.25) is 5.91 Å². The van der Waals surface area contributed by atoms with Crippen molar-refractivity contribution in [2.75, 3.05) is 12.9 Å². The lowest BCUT2D eigenvalue weighted by Crippen LogP contribution is -2.28. The van der Waals surface area contributed by atoms with Gasteiger partial charge in [-0.05, 0) is 55.7 Å². The van der Waals surface area contributed by atoms with Crippen molar-refractivity contribution < 1.29 is 9.53 Å². The van der Waals surface area contributed by atoms with Gasteiger partial charge in [0.15, 0.2) is 5.16 Å². The van der Waals surface area contributed by atoms with Gasteiger partial charge in [0.1, 0.15) is 5.75 Å². The van der Waals surface area contributed by atoms with Crippen molar-refractivity contribution >= 4 is 40.2 Å². The molecule has 1 heterocycles. The van der Waals surface area contributed by atoms with Crippen LogP contribution < -0.4 is 15.6 Å². The molecule has 0 unspecified atom stereocenters. The van der Waals surface area contributed by atoms with E-state index in [9.17, 15) is 9.59 Å². The van der Waals surface area contributed by atoms with Crippen LogP contribution in [0.4, 0.5) is 0 Å². The van der Waals surface area contributed by atoms with Gasteiger partial charge in [-0.3, -0.25) is 14.2 Å². The van der Waals surface area contributed by atoms with E-state index in [-0.39, 0.29) is 23.3 Å². The first-order valence-electron chi connectivity index (χ1n) is 9.26. The van der Waals surface area contributed by atoms with E-state index in [1.165, 1.54) is 16.3 Å². The van der Waals surface area contributed by atoms with E-state index >= 15 is 0 Å². The number of methoxy groups -OCH3 is 1. The summed E-state index contributed by atoms with van der Waals surface area (Å²) in [5.41, 5.74) is 1.83. The third-order valence-corrected chi connectivity index (χ3v) is 5.82. The smallest absolute Gasteiger partial charge is 0.266 e. The molecule has 1 N–H and O–H groups in total. The van der Waals surface area contributed by atoms with Crippen molar-refractivity contribution in [3.05, 3.63) is 57.3 Å². The average molecular weight is 430 g/mol. The Morgan fingerprint density at radius 1 is 1.31 bits per heavy atom. The molecule has 150 valence electrons. The minimum absolute atomic E-state index is 0.0688. The fourth-order valence-electron chi connectivity index (χ4n) is 3.05. The lowest BCUT2D eigenvalue weighted by atomic mass is 10.2. The van der Waals surface area contributed by atoms with Gasteiger partial charge >= 0.3 is 0 Å². The number of amides is 1. The number of ether oxygens (including phenoxy) is 1. The molecule has 8 heteroatoms. The van der Waals surface area contributed by atoms with Crippen LogP contribution in [0.3, 0.4) is 0 Å². The van der Waals surface area contributed by atoms with E-state index in [2.05, 4.69) is 10.3 Å². The zero-order chi connectivity index (χ0) is 20.5. The molecule has 1 fully saturated rings. The molecule has 1 saturated carbocycles. The Balaban J connectivity index is 1.85. The molecule has 29 heavy (non-hydrogen) atoms. The highest BCUT2D eigenvalue weighted by atomic mass is 35.5. The molecule has 1 aliphatic carbocycles. The summed E-state index contributed by atoms with van der Waals surface area (Å²) in [5.74, 6) is 0.654. The molecule has 0 atom stereocenters. The van der Waals surface area contributed by atoms with Gasteiger partial charge in [0.25, 0.3) is 5.56 Å². The first kappa shape index (κ1) is 19.8. The summed E-state index contributed by atoms with van der Waals surface area (Å²) in [5, 5.41) is 4.32. The highest BCUT2D eigenvalue weighted by Gasteiger charge is 2.24. The molecular formula is C21H20ClN3O3S. The lowest BCUT2D eigenvalue weighted by molar-refractivity contribution is -0.118. The van der Waals surface area contributed by atoms with Crippen LogP contribution in [0.1, 0.15) is 18.4 Å². The number of carbonyl (C=O) groups excluding carboxylic acids is 1. The molecule has 1 aromatic heterocycles. The van der Waals surface area contributed by atoms with Gasteiger partial charge in [-0.25, -0.2) is 4.98 Å². The quantitative estimate of drug-likeness (QED) is 0.477. The van der Waals surface area contributed by atoms with Gasteiger partial charge in [0, 0.05) is 11.1 Å². The first-order valence-corrected chi connectivity index (χ1v) is 10.6. The monoisotopic (exact) mass is 429 g/mol. The van der Waals surface area contributed by atoms with Crippen molar-refractivity contribution in [1.29, 1.82) is 0 Å². The van der Waals surface area contributed by atoms with Gasteiger partial charge in [0.05, 0.1) is 29.5 Å². The summed E-state index contributed by atoms with van der Waals surface area (Å²) >= 11 is 7.32. The largest absolute Gasteiger partial charge is 0.495 e. The first-order chi connectivity index (χ1) is 14.0. The fraction of sp³-hybridized carbons (Fsp3) is 0.286. The van der Waals surface area contributed by atoms with Crippen LogP contribution in [-0.2, 0) is 4.79 Å². The summed E-state index contributed by atoms with van der Waals surface area (Å²) in [6, 6.07) is 10.9. The normalized spacial score (nSPS) is 13.5. The molecule has 6 nitrogen and oxygen atoms in total. The molecule has 0 saturated heterocycles. The number of hydrogen-bond acceptors (Lipinski definition) is 5. The standard InChI is InChI=1S/C21H20ClN3O3S/c1-12-3-8-18(28-2)17(9-12)25-20(27)15-7-4-13(22)10-16(15)24-21(25)29-11-19(26)23-14-5-6-14/h3-4,7-10,14H,5-6,11H2,1-2H3,(H,23,26). The Bertz CT molecular complexity index is 1160. The van der Waals surface area contributed by atoms with Crippen LogP contribution in [0.2, 0.25) is 5.02 Å². The Hall–Kier alpha value is -2.51. The molecule has 4 rings (SSSR count). The summed E-state index contributed by atoms with van der Waals surface area (Å²) in [7, 11) is 1.56. The van der Waals surface area contributed by atoms with Crippen molar-refractivity contribution in [1.82, 2.24) is 14.9 Å². The van der Waals surface area contributed by atoms with Crippen LogP contribution in [-0.4, -0.2) is 34.4 Å². The van der Waals surface area contributed by atoms with Crippen molar-refractivity contribution in [3.8, 4) is 11.4 Å². The number of aromatic nitrogens is 2. The third kappa shape index (κ3) is 4.26. The summed E-state index contributed by atoms with van der Waals surface area (Å²) in [4.78, 5) is 30.2. The van der Waals surface area contributed by atoms with E-state index in [1.54, 1.807) is 25.3 Å². The van der Waals surface area contributed by atoms with Gasteiger partial charge < -0.3 is 10.1 Å². The highest BCUT2D eigenvalue weighted by Crippen LogP contribution is 2.29. The number of carbonyl (C=O) groups is 1. The molecule has 0 spiro atoms. The minimum atomic E-state index is -0.235. The predicted octanol–water partition coefficient (Wildman–Crippen LogP) is 3.73. The Kier molecular flexibility index (Phi) is 5.52. The van der Waals surface area contributed by atoms with Gasteiger partial charge in [-0.15, -0.1) is 0 Å². The average Bonchev–Trinajstić information content (AvgIpc) is 3.50. The molecule has 3 aromatic rings. The molecule has 0 aliphatic heterocycles. The van der Waals surface area contributed by atoms with Crippen molar-refractivity contribution in [3.63, 3.8) is 0 Å². The number of aryl methyl sites for hydroxylation is 1. The van der Waals surface area contributed by atoms with Crippen LogP contribution in [0, 0.1) is 6.92 Å². The van der Waals surface area contributed by atoms with E-state index in [1.807, 2.05) is 25.1 Å². The number of rotatable bonds is 6. The highest BCUT2D eigenvalue weighted by molar-refractivity contribution is 7.99. The second kappa shape index (κ2) is 8.08. The number of benzene rings is 2. The van der Waals surface area contributed by atoms with E-state index in [0.29, 0.717) is 32.5 Å². The minimum Gasteiger partial charge on any atom is -0.495 e. The topological polar surface area (TPSA) is 73.2 Å². The molecule has 1 amide bonds. The van der Waals surface area contributed by atoms with Crippen molar-refractivity contribution in [2.45, 2.75) is 31.0 Å². The van der Waals surface area contributed by atoms with E-state index < -0.39 is 0 Å². The maximum atomic E-state index is 13.4. The number of nitrogens with one attached hydrogen (secondary N) is 1. The van der Waals surface area contributed by atoms with Crippen LogP contribution in [0.25, 0.3) is 16.6 Å². The van der Waals surface area contributed by atoms with Crippen LogP contribution in [0.5, 0.6) is 5.75 Å². The number of nitrogens with zero attached hydrogens (tertiary/aromatic N) is 2. The second-order valence-electron chi connectivity index (χ2n) is 7.00. The van der Waals surface area contributed by atoms with Gasteiger partial charge in [-0.1, -0.05) is 29.4 Å². The zero-order valence-corrected chi connectivity index (χ0v) is 17.6.